The van der Waals surface area contributed by atoms with Crippen molar-refractivity contribution in [3.05, 3.63) is 59.7 Å². The van der Waals surface area contributed by atoms with E-state index in [-0.39, 0.29) is 12.5 Å². The number of nitrogens with one attached hydrogen (secondary N) is 1. The van der Waals surface area contributed by atoms with Gasteiger partial charge in [0.15, 0.2) is 6.61 Å². The number of rotatable bonds is 6. The minimum absolute atomic E-state index is 0.0542. The number of anilines is 1. The molecule has 1 heterocycles. The van der Waals surface area contributed by atoms with Crippen LogP contribution in [0.5, 0.6) is 5.75 Å². The third-order valence-corrected chi connectivity index (χ3v) is 4.83. The zero-order chi connectivity index (χ0) is 18.5. The fourth-order valence-electron chi connectivity index (χ4n) is 3.35. The first kappa shape index (κ1) is 18.3. The number of hydrogen-bond acceptors (Lipinski definition) is 3. The van der Waals surface area contributed by atoms with E-state index >= 15 is 0 Å². The van der Waals surface area contributed by atoms with Gasteiger partial charge < -0.3 is 15.0 Å². The van der Waals surface area contributed by atoms with Crippen molar-refractivity contribution in [2.24, 2.45) is 0 Å². The van der Waals surface area contributed by atoms with Gasteiger partial charge in [-0.25, -0.2) is 0 Å². The number of amides is 1. The summed E-state index contributed by atoms with van der Waals surface area (Å²) in [6.45, 7) is 7.92. The van der Waals surface area contributed by atoms with E-state index in [0.717, 1.165) is 42.1 Å². The van der Waals surface area contributed by atoms with Crippen LogP contribution in [0.25, 0.3) is 0 Å². The first-order chi connectivity index (χ1) is 12.5. The Morgan fingerprint density at radius 1 is 1.23 bits per heavy atom. The highest BCUT2D eigenvalue weighted by Crippen LogP contribution is 2.27. The van der Waals surface area contributed by atoms with Crippen LogP contribution < -0.4 is 10.1 Å². The maximum atomic E-state index is 12.6. The van der Waals surface area contributed by atoms with Crippen molar-refractivity contribution in [2.45, 2.75) is 39.2 Å². The molecule has 138 valence electrons. The average Bonchev–Trinajstić information content (AvgIpc) is 3.09. The van der Waals surface area contributed by atoms with Gasteiger partial charge in [0.1, 0.15) is 5.75 Å². The summed E-state index contributed by atoms with van der Waals surface area (Å²) in [6, 6.07) is 16.6. The average molecular weight is 352 g/mol. The zero-order valence-electron chi connectivity index (χ0n) is 15.9. The quantitative estimate of drug-likeness (QED) is 0.847. The van der Waals surface area contributed by atoms with Crippen LogP contribution in [0.4, 0.5) is 5.69 Å². The molecule has 0 radical (unpaired) electrons. The zero-order valence-corrected chi connectivity index (χ0v) is 15.9. The maximum Gasteiger partial charge on any atom is 0.260 e. The van der Waals surface area contributed by atoms with Crippen LogP contribution >= 0.6 is 0 Å². The van der Waals surface area contributed by atoms with Gasteiger partial charge in [0.25, 0.3) is 5.91 Å². The van der Waals surface area contributed by atoms with Crippen molar-refractivity contribution < 1.29 is 9.53 Å². The lowest BCUT2D eigenvalue weighted by atomic mass is 10.0. The number of hydrogen-bond donors (Lipinski definition) is 1. The molecular formula is C22H28N2O2. The number of likely N-dealkylation sites (tertiary alicyclic amines) is 1. The van der Waals surface area contributed by atoms with E-state index in [9.17, 15) is 4.79 Å². The summed E-state index contributed by atoms with van der Waals surface area (Å²) in [5.74, 6) is 1.25. The lowest BCUT2D eigenvalue weighted by Crippen LogP contribution is -2.35. The molecular weight excluding hydrogens is 324 g/mol. The predicted molar refractivity (Wildman–Crippen MR) is 106 cm³/mol. The van der Waals surface area contributed by atoms with Gasteiger partial charge in [-0.05, 0) is 48.6 Å². The van der Waals surface area contributed by atoms with Crippen molar-refractivity contribution in [3.63, 3.8) is 0 Å². The van der Waals surface area contributed by atoms with E-state index in [1.54, 1.807) is 0 Å². The second kappa shape index (κ2) is 8.26. The van der Waals surface area contributed by atoms with Gasteiger partial charge in [-0.3, -0.25) is 4.79 Å². The number of carbonyl (C=O) groups is 1. The second-order valence-electron chi connectivity index (χ2n) is 7.32. The number of ether oxygens (including phenoxy) is 1. The molecule has 2 aromatic rings. The standard InChI is InChI=1S/C22H28N2O2/c1-16(2)20-10-9-17(3)13-21(20)26-15-22(25)24-12-11-19(14-24)23-18-7-5-4-6-8-18/h4-10,13,16,19,23H,11-12,14-15H2,1-3H3. The largest absolute Gasteiger partial charge is 0.483 e. The first-order valence-electron chi connectivity index (χ1n) is 9.35. The third-order valence-electron chi connectivity index (χ3n) is 4.83. The molecule has 1 aliphatic heterocycles. The van der Waals surface area contributed by atoms with E-state index < -0.39 is 0 Å². The molecule has 1 saturated heterocycles. The first-order valence-corrected chi connectivity index (χ1v) is 9.35. The molecule has 1 atom stereocenters. The molecule has 0 aliphatic carbocycles. The summed E-state index contributed by atoms with van der Waals surface area (Å²) >= 11 is 0. The molecule has 0 saturated carbocycles. The van der Waals surface area contributed by atoms with E-state index in [1.165, 1.54) is 0 Å². The summed E-state index contributed by atoms with van der Waals surface area (Å²) in [5, 5.41) is 3.50. The van der Waals surface area contributed by atoms with E-state index in [1.807, 2.05) is 36.1 Å². The number of nitrogens with zero attached hydrogens (tertiary/aromatic N) is 1. The highest BCUT2D eigenvalue weighted by atomic mass is 16.5. The van der Waals surface area contributed by atoms with Gasteiger partial charge in [-0.2, -0.15) is 0 Å². The topological polar surface area (TPSA) is 41.6 Å². The second-order valence-corrected chi connectivity index (χ2v) is 7.32. The summed E-state index contributed by atoms with van der Waals surface area (Å²) < 4.78 is 5.90. The number of para-hydroxylation sites is 1. The Morgan fingerprint density at radius 3 is 2.73 bits per heavy atom. The van der Waals surface area contributed by atoms with E-state index in [4.69, 9.17) is 4.74 Å². The molecule has 0 bridgehead atoms. The number of aryl methyl sites for hydroxylation is 1. The van der Waals surface area contributed by atoms with Crippen molar-refractivity contribution in [1.29, 1.82) is 0 Å². The van der Waals surface area contributed by atoms with E-state index in [0.29, 0.717) is 12.0 Å². The lowest BCUT2D eigenvalue weighted by molar-refractivity contribution is -0.132. The Hall–Kier alpha value is -2.49. The minimum Gasteiger partial charge on any atom is -0.483 e. The normalized spacial score (nSPS) is 16.8. The molecule has 26 heavy (non-hydrogen) atoms. The lowest BCUT2D eigenvalue weighted by Gasteiger charge is -2.19. The summed E-state index contributed by atoms with van der Waals surface area (Å²) in [4.78, 5) is 14.5. The Balaban J connectivity index is 1.54. The smallest absolute Gasteiger partial charge is 0.260 e. The van der Waals surface area contributed by atoms with Crippen LogP contribution in [0.3, 0.4) is 0 Å². The molecule has 4 nitrogen and oxygen atoms in total. The fourth-order valence-corrected chi connectivity index (χ4v) is 3.35. The van der Waals surface area contributed by atoms with Gasteiger partial charge in [-0.15, -0.1) is 0 Å². The molecule has 1 N–H and O–H groups in total. The van der Waals surface area contributed by atoms with Gasteiger partial charge in [0.2, 0.25) is 0 Å². The summed E-state index contributed by atoms with van der Waals surface area (Å²) in [7, 11) is 0. The Labute approximate surface area is 156 Å². The maximum absolute atomic E-state index is 12.6. The third kappa shape index (κ3) is 4.57. The van der Waals surface area contributed by atoms with Gasteiger partial charge in [-0.1, -0.05) is 44.2 Å². The van der Waals surface area contributed by atoms with Crippen LogP contribution in [0.15, 0.2) is 48.5 Å². The van der Waals surface area contributed by atoms with Gasteiger partial charge in [0, 0.05) is 24.8 Å². The van der Waals surface area contributed by atoms with Crippen molar-refractivity contribution >= 4 is 11.6 Å². The molecule has 1 aliphatic rings. The fraction of sp³-hybridized carbons (Fsp3) is 0.409. The Kier molecular flexibility index (Phi) is 5.82. The van der Waals surface area contributed by atoms with Crippen molar-refractivity contribution in [3.8, 4) is 5.75 Å². The molecule has 0 aromatic heterocycles. The molecule has 4 heteroatoms. The molecule has 2 aromatic carbocycles. The van der Waals surface area contributed by atoms with Crippen molar-refractivity contribution in [1.82, 2.24) is 4.90 Å². The molecule has 0 spiro atoms. The summed E-state index contributed by atoms with van der Waals surface area (Å²) in [6.07, 6.45) is 0.961. The highest BCUT2D eigenvalue weighted by Gasteiger charge is 2.26. The predicted octanol–water partition coefficient (Wildman–Crippen LogP) is 4.21. The minimum atomic E-state index is 0.0542. The van der Waals surface area contributed by atoms with Crippen LogP contribution in [0, 0.1) is 6.92 Å². The summed E-state index contributed by atoms with van der Waals surface area (Å²) in [5.41, 5.74) is 3.39. The van der Waals surface area contributed by atoms with Crippen LogP contribution in [0.1, 0.15) is 37.3 Å². The Morgan fingerprint density at radius 2 is 2.00 bits per heavy atom. The van der Waals surface area contributed by atoms with Gasteiger partial charge >= 0.3 is 0 Å². The van der Waals surface area contributed by atoms with Crippen molar-refractivity contribution in [2.75, 3.05) is 25.0 Å². The molecule has 1 amide bonds. The molecule has 1 unspecified atom stereocenters. The SMILES string of the molecule is Cc1ccc(C(C)C)c(OCC(=O)N2CCC(Nc3ccccc3)C2)c1. The van der Waals surface area contributed by atoms with E-state index in [2.05, 4.69) is 43.4 Å². The molecule has 1 fully saturated rings. The Bertz CT molecular complexity index is 743. The highest BCUT2D eigenvalue weighted by molar-refractivity contribution is 5.78. The van der Waals surface area contributed by atoms with Gasteiger partial charge in [0.05, 0.1) is 0 Å². The molecule has 3 rings (SSSR count). The van der Waals surface area contributed by atoms with Crippen LogP contribution in [-0.2, 0) is 4.79 Å². The number of carbonyl (C=O) groups excluding carboxylic acids is 1. The monoisotopic (exact) mass is 352 g/mol. The number of benzene rings is 2. The van der Waals surface area contributed by atoms with Crippen LogP contribution in [0.2, 0.25) is 0 Å². The van der Waals surface area contributed by atoms with Crippen LogP contribution in [-0.4, -0.2) is 36.5 Å².